The Morgan fingerprint density at radius 3 is 2.27 bits per heavy atom. The van der Waals surface area contributed by atoms with Crippen molar-refractivity contribution in [1.29, 1.82) is 0 Å². The highest BCUT2D eigenvalue weighted by atomic mass is 35.5. The first-order chi connectivity index (χ1) is 21.1. The third kappa shape index (κ3) is 7.75. The topological polar surface area (TPSA) is 105 Å². The first-order valence-electron chi connectivity index (χ1n) is 14.2. The van der Waals surface area contributed by atoms with E-state index >= 15 is 0 Å². The molecule has 0 spiro atoms. The van der Waals surface area contributed by atoms with Crippen LogP contribution in [0.15, 0.2) is 65.6 Å². The third-order valence-electron chi connectivity index (χ3n) is 7.10. The maximum absolute atomic E-state index is 14.2. The van der Waals surface area contributed by atoms with Gasteiger partial charge < -0.3 is 19.7 Å². The van der Waals surface area contributed by atoms with Crippen LogP contribution in [0.4, 0.5) is 10.1 Å². The summed E-state index contributed by atoms with van der Waals surface area (Å²) < 4.78 is 54.1. The fraction of sp³-hybridized carbons (Fsp3) is 0.355. The van der Waals surface area contributed by atoms with E-state index in [9.17, 15) is 22.4 Å². The Bertz CT molecular complexity index is 1570. The van der Waals surface area contributed by atoms with Crippen LogP contribution < -0.4 is 19.1 Å². The van der Waals surface area contributed by atoms with Gasteiger partial charge >= 0.3 is 0 Å². The summed E-state index contributed by atoms with van der Waals surface area (Å²) >= 11 is 12.9. The number of halogens is 3. The first kappa shape index (κ1) is 33.4. The number of nitrogens with one attached hydrogen (secondary N) is 1. The molecule has 236 valence electrons. The van der Waals surface area contributed by atoms with Crippen LogP contribution in [0.2, 0.25) is 10.0 Å². The van der Waals surface area contributed by atoms with Crippen molar-refractivity contribution in [3.63, 3.8) is 0 Å². The van der Waals surface area contributed by atoms with E-state index < -0.39 is 34.3 Å². The van der Waals surface area contributed by atoms with E-state index in [0.717, 1.165) is 29.3 Å². The predicted octanol–water partition coefficient (Wildman–Crippen LogP) is 5.82. The fourth-order valence-electron chi connectivity index (χ4n) is 4.73. The number of hydrogen-bond acceptors (Lipinski definition) is 6. The molecule has 44 heavy (non-hydrogen) atoms. The zero-order valence-electron chi connectivity index (χ0n) is 24.4. The number of carbonyl (C=O) groups excluding carboxylic acids is 2. The molecule has 13 heteroatoms. The molecule has 9 nitrogen and oxygen atoms in total. The summed E-state index contributed by atoms with van der Waals surface area (Å²) in [5.41, 5.74) is 0.456. The van der Waals surface area contributed by atoms with Gasteiger partial charge in [-0.3, -0.25) is 13.9 Å². The zero-order valence-corrected chi connectivity index (χ0v) is 26.7. The maximum atomic E-state index is 14.2. The molecule has 1 aliphatic heterocycles. The number of fused-ring (bicyclic) bond motifs is 1. The monoisotopic (exact) mass is 665 g/mol. The van der Waals surface area contributed by atoms with Gasteiger partial charge in [-0.1, -0.05) is 49.5 Å². The van der Waals surface area contributed by atoms with Gasteiger partial charge in [0.25, 0.3) is 10.0 Å². The summed E-state index contributed by atoms with van der Waals surface area (Å²) in [4.78, 5) is 28.7. The van der Waals surface area contributed by atoms with Gasteiger partial charge in [0.15, 0.2) is 11.5 Å². The molecule has 1 heterocycles. The van der Waals surface area contributed by atoms with Crippen molar-refractivity contribution in [3.8, 4) is 11.5 Å². The smallest absolute Gasteiger partial charge is 0.264 e. The second kappa shape index (κ2) is 15.0. The number of hydrogen-bond donors (Lipinski definition) is 1. The average molecular weight is 667 g/mol. The summed E-state index contributed by atoms with van der Waals surface area (Å²) in [5.74, 6) is -1.03. The Labute approximate surface area is 266 Å². The second-order valence-electron chi connectivity index (χ2n) is 10.1. The molecule has 3 aromatic rings. The maximum Gasteiger partial charge on any atom is 0.264 e. The normalized spacial score (nSPS) is 13.2. The number of unbranched alkanes of at least 4 members (excludes halogenated alkanes) is 1. The predicted molar refractivity (Wildman–Crippen MR) is 167 cm³/mol. The van der Waals surface area contributed by atoms with Crippen molar-refractivity contribution in [1.82, 2.24) is 10.2 Å². The number of nitrogens with zero attached hydrogens (tertiary/aromatic N) is 2. The Kier molecular flexibility index (Phi) is 11.3. The van der Waals surface area contributed by atoms with Gasteiger partial charge in [0.1, 0.15) is 31.6 Å². The van der Waals surface area contributed by atoms with Crippen molar-refractivity contribution in [2.75, 3.05) is 30.6 Å². The summed E-state index contributed by atoms with van der Waals surface area (Å²) in [5, 5.41) is 3.44. The summed E-state index contributed by atoms with van der Waals surface area (Å²) in [6, 6.07) is 12.8. The van der Waals surface area contributed by atoms with Crippen LogP contribution in [0, 0.1) is 5.82 Å². The van der Waals surface area contributed by atoms with E-state index in [2.05, 4.69) is 5.32 Å². The van der Waals surface area contributed by atoms with Crippen molar-refractivity contribution in [2.24, 2.45) is 0 Å². The standard InChI is InChI=1S/C31H34Cl2FN3O6S/c1-3-5-15-35-31(39)27(4-2)36(19-24-25(32)7-6-8-26(24)33)30(38)20-37(22-11-9-21(34)10-12-22)44(40,41)23-13-14-28-29(18-23)43-17-16-42-28/h6-14,18,27H,3-5,15-17,19-20H2,1-2H3,(H,35,39)/t27-/m0/s1. The molecular weight excluding hydrogens is 632 g/mol. The minimum Gasteiger partial charge on any atom is -0.486 e. The van der Waals surface area contributed by atoms with Crippen molar-refractivity contribution in [2.45, 2.75) is 50.6 Å². The van der Waals surface area contributed by atoms with E-state index in [1.54, 1.807) is 25.1 Å². The minimum absolute atomic E-state index is 0.0470. The number of rotatable bonds is 13. The molecule has 0 saturated heterocycles. The molecule has 0 radical (unpaired) electrons. The largest absolute Gasteiger partial charge is 0.486 e. The van der Waals surface area contributed by atoms with E-state index in [-0.39, 0.29) is 51.9 Å². The molecule has 0 unspecified atom stereocenters. The Balaban J connectivity index is 1.75. The molecule has 0 aliphatic carbocycles. The van der Waals surface area contributed by atoms with Gasteiger partial charge in [-0.05, 0) is 61.4 Å². The Morgan fingerprint density at radius 1 is 0.977 bits per heavy atom. The quantitative estimate of drug-likeness (QED) is 0.231. The minimum atomic E-state index is -4.41. The number of amides is 2. The van der Waals surface area contributed by atoms with E-state index in [1.165, 1.54) is 35.2 Å². The van der Waals surface area contributed by atoms with Crippen LogP contribution in [0.3, 0.4) is 0 Å². The number of anilines is 1. The molecular formula is C31H34Cl2FN3O6S. The molecule has 4 rings (SSSR count). The van der Waals surface area contributed by atoms with Crippen molar-refractivity contribution < 1.29 is 31.9 Å². The van der Waals surface area contributed by atoms with Gasteiger partial charge in [0.2, 0.25) is 11.8 Å². The third-order valence-corrected chi connectivity index (χ3v) is 9.58. The van der Waals surface area contributed by atoms with Gasteiger partial charge in [0, 0.05) is 34.8 Å². The molecule has 0 bridgehead atoms. The molecule has 2 amide bonds. The molecule has 1 N–H and O–H groups in total. The number of sulfonamides is 1. The van der Waals surface area contributed by atoms with Crippen LogP contribution in [0.5, 0.6) is 11.5 Å². The van der Waals surface area contributed by atoms with Gasteiger partial charge in [-0.15, -0.1) is 0 Å². The highest BCUT2D eigenvalue weighted by Gasteiger charge is 2.35. The first-order valence-corrected chi connectivity index (χ1v) is 16.4. The molecule has 1 aliphatic rings. The van der Waals surface area contributed by atoms with Crippen LogP contribution in [-0.4, -0.2) is 57.5 Å². The van der Waals surface area contributed by atoms with Crippen LogP contribution in [0.25, 0.3) is 0 Å². The lowest BCUT2D eigenvalue weighted by molar-refractivity contribution is -0.140. The van der Waals surface area contributed by atoms with E-state index in [4.69, 9.17) is 32.7 Å². The van der Waals surface area contributed by atoms with Crippen LogP contribution >= 0.6 is 23.2 Å². The lowest BCUT2D eigenvalue weighted by atomic mass is 10.1. The van der Waals surface area contributed by atoms with Gasteiger partial charge in [-0.25, -0.2) is 12.8 Å². The SMILES string of the molecule is CCCCNC(=O)[C@H](CC)N(Cc1c(Cl)cccc1Cl)C(=O)CN(c1ccc(F)cc1)S(=O)(=O)c1ccc2c(c1)OCCO2. The summed E-state index contributed by atoms with van der Waals surface area (Å²) in [6.45, 7) is 3.87. The van der Waals surface area contributed by atoms with Crippen LogP contribution in [0.1, 0.15) is 38.7 Å². The molecule has 0 saturated carbocycles. The van der Waals surface area contributed by atoms with Crippen LogP contribution in [-0.2, 0) is 26.2 Å². The average Bonchev–Trinajstić information content (AvgIpc) is 3.01. The number of carbonyl (C=O) groups is 2. The molecule has 0 aromatic heterocycles. The Morgan fingerprint density at radius 2 is 1.64 bits per heavy atom. The highest BCUT2D eigenvalue weighted by molar-refractivity contribution is 7.92. The summed E-state index contributed by atoms with van der Waals surface area (Å²) in [6.07, 6.45) is 1.84. The lowest BCUT2D eigenvalue weighted by Crippen LogP contribution is -2.52. The number of benzene rings is 3. The summed E-state index contributed by atoms with van der Waals surface area (Å²) in [7, 11) is -4.41. The fourth-order valence-corrected chi connectivity index (χ4v) is 6.67. The number of ether oxygens (including phenoxy) is 2. The van der Waals surface area contributed by atoms with Gasteiger partial charge in [-0.2, -0.15) is 0 Å². The molecule has 0 fully saturated rings. The second-order valence-corrected chi connectivity index (χ2v) is 12.8. The highest BCUT2D eigenvalue weighted by Crippen LogP contribution is 2.35. The van der Waals surface area contributed by atoms with Crippen molar-refractivity contribution in [3.05, 3.63) is 82.1 Å². The zero-order chi connectivity index (χ0) is 31.9. The van der Waals surface area contributed by atoms with Gasteiger partial charge in [0.05, 0.1) is 10.6 Å². The van der Waals surface area contributed by atoms with E-state index in [1.807, 2.05) is 6.92 Å². The molecule has 3 aromatic carbocycles. The van der Waals surface area contributed by atoms with Crippen molar-refractivity contribution >= 4 is 50.7 Å². The van der Waals surface area contributed by atoms with E-state index in [0.29, 0.717) is 24.5 Å². The lowest BCUT2D eigenvalue weighted by Gasteiger charge is -2.33. The molecule has 1 atom stereocenters. The Hall–Kier alpha value is -3.54.